The number of alkyl halides is 3. The van der Waals surface area contributed by atoms with Crippen molar-refractivity contribution in [1.29, 1.82) is 0 Å². The Morgan fingerprint density at radius 3 is 2.52 bits per heavy atom. The lowest BCUT2D eigenvalue weighted by Gasteiger charge is -2.14. The van der Waals surface area contributed by atoms with Gasteiger partial charge in [0.1, 0.15) is 6.54 Å². The predicted molar refractivity (Wildman–Crippen MR) is 85.8 cm³/mol. The van der Waals surface area contributed by atoms with Crippen molar-refractivity contribution < 1.29 is 37.0 Å². The Morgan fingerprint density at radius 1 is 1.28 bits per heavy atom. The van der Waals surface area contributed by atoms with Gasteiger partial charge in [0.2, 0.25) is 0 Å². The van der Waals surface area contributed by atoms with Gasteiger partial charge in [0.15, 0.2) is 18.1 Å². The summed E-state index contributed by atoms with van der Waals surface area (Å²) in [6, 6.07) is 2.76. The first-order valence-corrected chi connectivity index (χ1v) is 7.98. The molecule has 0 saturated heterocycles. The first-order valence-electron chi connectivity index (χ1n) is 7.18. The third kappa shape index (κ3) is 7.20. The highest BCUT2D eigenvalue weighted by atomic mass is 79.9. The molecule has 6 nitrogen and oxygen atoms in total. The highest BCUT2D eigenvalue weighted by molar-refractivity contribution is 9.10. The van der Waals surface area contributed by atoms with Gasteiger partial charge < -0.3 is 19.5 Å². The van der Waals surface area contributed by atoms with Crippen LogP contribution in [0.4, 0.5) is 13.2 Å². The van der Waals surface area contributed by atoms with E-state index in [0.717, 1.165) is 6.42 Å². The third-order valence-electron chi connectivity index (χ3n) is 2.74. The van der Waals surface area contributed by atoms with Gasteiger partial charge in [-0.15, -0.1) is 0 Å². The molecule has 0 aromatic heterocycles. The van der Waals surface area contributed by atoms with Crippen molar-refractivity contribution in [2.75, 3.05) is 26.9 Å². The quantitative estimate of drug-likeness (QED) is 0.645. The first kappa shape index (κ1) is 21.1. The largest absolute Gasteiger partial charge is 0.493 e. The summed E-state index contributed by atoms with van der Waals surface area (Å²) in [4.78, 5) is 23.2. The van der Waals surface area contributed by atoms with Gasteiger partial charge in [-0.2, -0.15) is 13.2 Å². The Balaban J connectivity index is 2.72. The number of halogens is 4. The summed E-state index contributed by atoms with van der Waals surface area (Å²) < 4.78 is 51.7. The van der Waals surface area contributed by atoms with Crippen molar-refractivity contribution in [3.63, 3.8) is 0 Å². The minimum atomic E-state index is -4.54. The summed E-state index contributed by atoms with van der Waals surface area (Å²) in [6.07, 6.45) is -3.77. The molecule has 0 unspecified atom stereocenters. The van der Waals surface area contributed by atoms with Gasteiger partial charge in [-0.1, -0.05) is 6.92 Å². The number of rotatable bonds is 8. The van der Waals surface area contributed by atoms with Crippen LogP contribution in [0.15, 0.2) is 16.6 Å². The number of esters is 1. The van der Waals surface area contributed by atoms with Gasteiger partial charge in [-0.05, 0) is 34.5 Å². The number of hydrogen-bond acceptors (Lipinski definition) is 5. The average Bonchev–Trinajstić information content (AvgIpc) is 2.55. The van der Waals surface area contributed by atoms with Gasteiger partial charge >= 0.3 is 12.1 Å². The van der Waals surface area contributed by atoms with E-state index < -0.39 is 31.2 Å². The van der Waals surface area contributed by atoms with Crippen LogP contribution in [0.5, 0.6) is 11.5 Å². The monoisotopic (exact) mass is 427 g/mol. The van der Waals surface area contributed by atoms with Gasteiger partial charge in [0.05, 0.1) is 23.8 Å². The molecule has 1 rings (SSSR count). The smallest absolute Gasteiger partial charge is 0.405 e. The number of carbonyl (C=O) groups is 2. The molecule has 140 valence electrons. The lowest BCUT2D eigenvalue weighted by atomic mass is 10.2. The average molecular weight is 428 g/mol. The zero-order valence-corrected chi connectivity index (χ0v) is 15.1. The van der Waals surface area contributed by atoms with Gasteiger partial charge in [-0.25, -0.2) is 4.79 Å². The molecule has 0 saturated carbocycles. The van der Waals surface area contributed by atoms with Gasteiger partial charge in [-0.3, -0.25) is 4.79 Å². The van der Waals surface area contributed by atoms with Crippen LogP contribution < -0.4 is 14.8 Å². The molecule has 0 heterocycles. The van der Waals surface area contributed by atoms with Crippen molar-refractivity contribution >= 4 is 27.8 Å². The molecule has 0 aliphatic rings. The molecule has 1 aromatic rings. The molecular formula is C15H17BrF3NO5. The number of benzene rings is 1. The Hall–Kier alpha value is -1.97. The van der Waals surface area contributed by atoms with Crippen LogP contribution in [0.25, 0.3) is 0 Å². The van der Waals surface area contributed by atoms with Crippen molar-refractivity contribution in [2.24, 2.45) is 0 Å². The van der Waals surface area contributed by atoms with E-state index in [-0.39, 0.29) is 11.3 Å². The van der Waals surface area contributed by atoms with E-state index in [1.165, 1.54) is 19.2 Å². The van der Waals surface area contributed by atoms with E-state index in [1.54, 1.807) is 5.32 Å². The molecule has 0 radical (unpaired) electrons. The lowest BCUT2D eigenvalue weighted by Crippen LogP contribution is -2.36. The van der Waals surface area contributed by atoms with Crippen LogP contribution in [0.1, 0.15) is 23.7 Å². The molecule has 1 amide bonds. The summed E-state index contributed by atoms with van der Waals surface area (Å²) in [7, 11) is 1.39. The predicted octanol–water partition coefficient (Wildman–Crippen LogP) is 3.08. The van der Waals surface area contributed by atoms with Crippen LogP contribution in [0.2, 0.25) is 0 Å². The number of methoxy groups -OCH3 is 1. The second-order valence-electron chi connectivity index (χ2n) is 4.81. The van der Waals surface area contributed by atoms with E-state index >= 15 is 0 Å². The Morgan fingerprint density at radius 2 is 1.96 bits per heavy atom. The van der Waals surface area contributed by atoms with Crippen LogP contribution in [-0.4, -0.2) is 44.9 Å². The Bertz CT molecular complexity index is 622. The maximum Gasteiger partial charge on any atom is 0.405 e. The van der Waals surface area contributed by atoms with Crippen molar-refractivity contribution in [1.82, 2.24) is 5.32 Å². The molecule has 0 bridgehead atoms. The number of nitrogens with one attached hydrogen (secondary N) is 1. The van der Waals surface area contributed by atoms with E-state index in [0.29, 0.717) is 16.8 Å². The normalized spacial score (nSPS) is 11.0. The molecule has 0 aliphatic heterocycles. The van der Waals surface area contributed by atoms with Crippen molar-refractivity contribution in [3.05, 3.63) is 22.2 Å². The molecule has 0 aliphatic carbocycles. The molecule has 0 atom stereocenters. The Labute approximate surface area is 150 Å². The van der Waals surface area contributed by atoms with E-state index in [9.17, 15) is 22.8 Å². The number of amides is 1. The van der Waals surface area contributed by atoms with Crippen LogP contribution in [-0.2, 0) is 9.53 Å². The van der Waals surface area contributed by atoms with Gasteiger partial charge in [0, 0.05) is 0 Å². The van der Waals surface area contributed by atoms with Crippen molar-refractivity contribution in [3.8, 4) is 11.5 Å². The Kier molecular flexibility index (Phi) is 8.01. The third-order valence-corrected chi connectivity index (χ3v) is 3.33. The van der Waals surface area contributed by atoms with E-state index in [1.807, 2.05) is 6.92 Å². The van der Waals surface area contributed by atoms with Gasteiger partial charge in [0.25, 0.3) is 5.91 Å². The minimum absolute atomic E-state index is 0.0520. The highest BCUT2D eigenvalue weighted by Gasteiger charge is 2.28. The molecule has 0 fully saturated rings. The highest BCUT2D eigenvalue weighted by Crippen LogP contribution is 2.37. The van der Waals surface area contributed by atoms with E-state index in [4.69, 9.17) is 14.2 Å². The fourth-order valence-corrected chi connectivity index (χ4v) is 2.20. The second-order valence-corrected chi connectivity index (χ2v) is 5.66. The summed E-state index contributed by atoms with van der Waals surface area (Å²) in [5.41, 5.74) is 0.0520. The van der Waals surface area contributed by atoms with E-state index in [2.05, 4.69) is 15.9 Å². The fourth-order valence-electron chi connectivity index (χ4n) is 1.65. The topological polar surface area (TPSA) is 73.9 Å². The van der Waals surface area contributed by atoms with Crippen LogP contribution in [0.3, 0.4) is 0 Å². The van der Waals surface area contributed by atoms with Crippen molar-refractivity contribution in [2.45, 2.75) is 19.5 Å². The molecule has 10 heteroatoms. The lowest BCUT2D eigenvalue weighted by molar-refractivity contribution is -0.140. The standard InChI is InChI=1S/C15H17BrF3NO5/c1-3-4-24-13-10(16)5-9(6-11(13)23-2)14(22)25-7-12(21)20-8-15(17,18)19/h5-6H,3-4,7-8H2,1-2H3,(H,20,21). The molecule has 25 heavy (non-hydrogen) atoms. The second kappa shape index (κ2) is 9.50. The van der Waals surface area contributed by atoms with Crippen LogP contribution in [0, 0.1) is 0 Å². The summed E-state index contributed by atoms with van der Waals surface area (Å²) >= 11 is 3.25. The maximum absolute atomic E-state index is 12.0. The summed E-state index contributed by atoms with van der Waals surface area (Å²) in [6.45, 7) is 0.0449. The molecule has 1 aromatic carbocycles. The number of ether oxygens (including phenoxy) is 3. The first-order chi connectivity index (χ1) is 11.7. The number of hydrogen-bond donors (Lipinski definition) is 1. The summed E-state index contributed by atoms with van der Waals surface area (Å²) in [5, 5.41) is 1.60. The minimum Gasteiger partial charge on any atom is -0.493 e. The van der Waals surface area contributed by atoms with Crippen LogP contribution >= 0.6 is 15.9 Å². The zero-order valence-electron chi connectivity index (χ0n) is 13.5. The summed E-state index contributed by atoms with van der Waals surface area (Å²) in [5.74, 6) is -1.26. The SMILES string of the molecule is CCCOc1c(Br)cc(C(=O)OCC(=O)NCC(F)(F)F)cc1OC. The molecule has 1 N–H and O–H groups in total. The zero-order chi connectivity index (χ0) is 19.0. The molecular weight excluding hydrogens is 411 g/mol. The molecule has 0 spiro atoms. The fraction of sp³-hybridized carbons (Fsp3) is 0.467. The number of carbonyl (C=O) groups excluding carboxylic acids is 2. The maximum atomic E-state index is 12.0.